The zero-order valence-corrected chi connectivity index (χ0v) is 20.3. The fraction of sp³-hybridized carbons (Fsp3) is 0.300. The van der Waals surface area contributed by atoms with Gasteiger partial charge in [-0.1, -0.05) is 45.4 Å². The molecule has 1 amide bonds. The maximum absolute atomic E-state index is 14.7. The number of carbonyl (C=O) groups is 1. The van der Waals surface area contributed by atoms with Crippen LogP contribution in [-0.2, 0) is 14.6 Å². The number of thioether (sulfide) groups is 1. The summed E-state index contributed by atoms with van der Waals surface area (Å²) in [6.45, 7) is 1.81. The van der Waals surface area contributed by atoms with Crippen LogP contribution in [-0.4, -0.2) is 48.8 Å². The third-order valence-electron chi connectivity index (χ3n) is 5.15. The molecule has 0 aromatic heterocycles. The summed E-state index contributed by atoms with van der Waals surface area (Å²) in [5.41, 5.74) is 1.62. The van der Waals surface area contributed by atoms with E-state index in [1.54, 1.807) is 35.2 Å². The van der Waals surface area contributed by atoms with E-state index in [0.29, 0.717) is 20.4 Å². The molecule has 0 radical (unpaired) electrons. The summed E-state index contributed by atoms with van der Waals surface area (Å²) >= 11 is 10.5. The Labute approximate surface area is 197 Å². The monoisotopic (exact) mass is 545 g/mol. The summed E-state index contributed by atoms with van der Waals surface area (Å²) in [5.74, 6) is -0.907. The lowest BCUT2D eigenvalue weighted by atomic mass is 10.1. The number of aliphatic imine (C=N–C) groups is 1. The van der Waals surface area contributed by atoms with E-state index >= 15 is 0 Å². The minimum Gasteiger partial charge on any atom is -0.325 e. The molecule has 4 rings (SSSR count). The number of amides is 1. The molecule has 1 fully saturated rings. The zero-order chi connectivity index (χ0) is 22.3. The number of benzene rings is 2. The van der Waals surface area contributed by atoms with E-state index in [9.17, 15) is 17.6 Å². The van der Waals surface area contributed by atoms with Gasteiger partial charge < -0.3 is 10.2 Å². The zero-order valence-electron chi connectivity index (χ0n) is 16.3. The molecule has 1 saturated heterocycles. The van der Waals surface area contributed by atoms with Crippen LogP contribution < -0.4 is 10.2 Å². The summed E-state index contributed by atoms with van der Waals surface area (Å²) in [6.07, 6.45) is 0. The number of hydrogen-bond acceptors (Lipinski definition) is 6. The molecule has 2 atom stereocenters. The van der Waals surface area contributed by atoms with Gasteiger partial charge in [0.15, 0.2) is 15.0 Å². The summed E-state index contributed by atoms with van der Waals surface area (Å²) < 4.78 is 39.5. The molecular weight excluding hydrogens is 529 g/mol. The Kier molecular flexibility index (Phi) is 6.35. The maximum atomic E-state index is 14.7. The second-order valence-corrected chi connectivity index (χ2v) is 11.8. The van der Waals surface area contributed by atoms with Crippen molar-refractivity contribution in [1.29, 1.82) is 0 Å². The lowest BCUT2D eigenvalue weighted by Crippen LogP contribution is -2.40. The number of halogens is 3. The van der Waals surface area contributed by atoms with Crippen LogP contribution in [0.4, 0.5) is 15.8 Å². The van der Waals surface area contributed by atoms with E-state index in [1.807, 2.05) is 6.92 Å². The molecule has 6 nitrogen and oxygen atoms in total. The van der Waals surface area contributed by atoms with Crippen LogP contribution >= 0.6 is 39.3 Å². The van der Waals surface area contributed by atoms with Gasteiger partial charge in [0.05, 0.1) is 35.0 Å². The Balaban J connectivity index is 1.54. The first kappa shape index (κ1) is 22.6. The van der Waals surface area contributed by atoms with Crippen LogP contribution in [0.25, 0.3) is 0 Å². The average molecular weight is 547 g/mol. The summed E-state index contributed by atoms with van der Waals surface area (Å²) in [7, 11) is -3.25. The van der Waals surface area contributed by atoms with E-state index in [4.69, 9.17) is 11.6 Å². The van der Waals surface area contributed by atoms with Crippen molar-refractivity contribution in [3.05, 3.63) is 57.3 Å². The molecule has 0 aliphatic carbocycles. The molecule has 11 heteroatoms. The van der Waals surface area contributed by atoms with E-state index in [2.05, 4.69) is 26.2 Å². The minimum absolute atomic E-state index is 0.0334. The number of fused-ring (bicyclic) bond motifs is 1. The number of rotatable bonds is 4. The SMILES string of the molecule is Cc1c(Cl)cccc1NC(=O)CSC1=N[C@H]2CS(=O)(=O)C[C@H]2N1c1ccc(Br)cc1F. The van der Waals surface area contributed by atoms with Crippen molar-refractivity contribution in [3.8, 4) is 0 Å². The van der Waals surface area contributed by atoms with Crippen LogP contribution in [0.3, 0.4) is 0 Å². The van der Waals surface area contributed by atoms with Crippen molar-refractivity contribution in [2.75, 3.05) is 27.5 Å². The molecule has 0 saturated carbocycles. The summed E-state index contributed by atoms with van der Waals surface area (Å²) in [6, 6.07) is 8.88. The molecule has 31 heavy (non-hydrogen) atoms. The third kappa shape index (κ3) is 4.76. The number of sulfone groups is 1. The molecule has 0 bridgehead atoms. The van der Waals surface area contributed by atoms with Crippen LogP contribution in [0, 0.1) is 12.7 Å². The number of nitrogens with zero attached hydrogens (tertiary/aromatic N) is 2. The van der Waals surface area contributed by atoms with Gasteiger partial charge in [0.25, 0.3) is 0 Å². The van der Waals surface area contributed by atoms with Gasteiger partial charge in [-0.25, -0.2) is 12.8 Å². The predicted molar refractivity (Wildman–Crippen MR) is 128 cm³/mol. The van der Waals surface area contributed by atoms with Crippen molar-refractivity contribution in [2.24, 2.45) is 4.99 Å². The Morgan fingerprint density at radius 3 is 2.87 bits per heavy atom. The third-order valence-corrected chi connectivity index (χ3v) is 8.72. The lowest BCUT2D eigenvalue weighted by molar-refractivity contribution is -0.113. The molecule has 2 aromatic rings. The van der Waals surface area contributed by atoms with Gasteiger partial charge in [-0.15, -0.1) is 0 Å². The molecule has 164 valence electrons. The second kappa shape index (κ2) is 8.73. The van der Waals surface area contributed by atoms with Crippen LogP contribution in [0.15, 0.2) is 45.9 Å². The van der Waals surface area contributed by atoms with Gasteiger partial charge in [0, 0.05) is 15.2 Å². The summed E-state index contributed by atoms with van der Waals surface area (Å²) in [5, 5.41) is 3.80. The Morgan fingerprint density at radius 2 is 2.13 bits per heavy atom. The smallest absolute Gasteiger partial charge is 0.234 e. The topological polar surface area (TPSA) is 78.8 Å². The molecular formula is C20H18BrClFN3O3S2. The van der Waals surface area contributed by atoms with Crippen LogP contribution in [0.2, 0.25) is 5.02 Å². The van der Waals surface area contributed by atoms with Crippen LogP contribution in [0.5, 0.6) is 0 Å². The lowest BCUT2D eigenvalue weighted by Gasteiger charge is -2.26. The first-order valence-corrected chi connectivity index (χ1v) is 13.3. The number of amidine groups is 1. The highest BCUT2D eigenvalue weighted by molar-refractivity contribution is 9.10. The quantitative estimate of drug-likeness (QED) is 0.620. The van der Waals surface area contributed by atoms with Crippen molar-refractivity contribution in [3.63, 3.8) is 0 Å². The number of nitrogens with one attached hydrogen (secondary N) is 1. The first-order valence-electron chi connectivity index (χ1n) is 9.35. The Hall–Kier alpha value is -1.62. The minimum atomic E-state index is -3.25. The molecule has 0 unspecified atom stereocenters. The first-order chi connectivity index (χ1) is 14.6. The van der Waals surface area contributed by atoms with Crippen molar-refractivity contribution < 1.29 is 17.6 Å². The molecule has 2 heterocycles. The fourth-order valence-electron chi connectivity index (χ4n) is 3.65. The van der Waals surface area contributed by atoms with E-state index in [1.165, 1.54) is 6.07 Å². The van der Waals surface area contributed by atoms with Gasteiger partial charge in [-0.3, -0.25) is 9.79 Å². The highest BCUT2D eigenvalue weighted by Gasteiger charge is 2.47. The number of hydrogen-bond donors (Lipinski definition) is 1. The van der Waals surface area contributed by atoms with Crippen molar-refractivity contribution >= 4 is 71.6 Å². The Bertz CT molecular complexity index is 1190. The van der Waals surface area contributed by atoms with E-state index in [0.717, 1.165) is 17.3 Å². The largest absolute Gasteiger partial charge is 0.325 e. The number of anilines is 2. The van der Waals surface area contributed by atoms with Gasteiger partial charge in [-0.2, -0.15) is 0 Å². The number of carbonyl (C=O) groups excluding carboxylic acids is 1. The maximum Gasteiger partial charge on any atom is 0.234 e. The Morgan fingerprint density at radius 1 is 1.35 bits per heavy atom. The molecule has 2 aromatic carbocycles. The van der Waals surface area contributed by atoms with Crippen LogP contribution in [0.1, 0.15) is 5.56 Å². The summed E-state index contributed by atoms with van der Waals surface area (Å²) in [4.78, 5) is 18.6. The predicted octanol–water partition coefficient (Wildman–Crippen LogP) is 4.26. The van der Waals surface area contributed by atoms with E-state index in [-0.39, 0.29) is 28.9 Å². The van der Waals surface area contributed by atoms with Crippen molar-refractivity contribution in [1.82, 2.24) is 0 Å². The van der Waals surface area contributed by atoms with Gasteiger partial charge in [0.2, 0.25) is 5.91 Å². The highest BCUT2D eigenvalue weighted by Crippen LogP contribution is 2.37. The molecule has 2 aliphatic rings. The fourth-order valence-corrected chi connectivity index (χ4v) is 6.92. The van der Waals surface area contributed by atoms with E-state index < -0.39 is 27.7 Å². The molecule has 2 aliphatic heterocycles. The highest BCUT2D eigenvalue weighted by atomic mass is 79.9. The van der Waals surface area contributed by atoms with Crippen molar-refractivity contribution in [2.45, 2.75) is 19.0 Å². The molecule has 1 N–H and O–H groups in total. The standard InChI is InChI=1S/C20H18BrClFN3O3S2/c1-11-13(22)3-2-4-15(11)24-19(27)8-30-20-25-16-9-31(28,29)10-18(16)26(20)17-6-5-12(21)7-14(17)23/h2-7,16,18H,8-10H2,1H3,(H,24,27)/t16-,18+/m0/s1. The van der Waals surface area contributed by atoms with Gasteiger partial charge in [0.1, 0.15) is 5.82 Å². The normalized spacial score (nSPS) is 21.7. The second-order valence-electron chi connectivity index (χ2n) is 7.34. The van der Waals surface area contributed by atoms with Gasteiger partial charge >= 0.3 is 0 Å². The molecule has 0 spiro atoms. The van der Waals surface area contributed by atoms with Gasteiger partial charge in [-0.05, 0) is 42.8 Å². The average Bonchev–Trinajstić information content (AvgIpc) is 3.15.